The van der Waals surface area contributed by atoms with Crippen molar-refractivity contribution in [3.05, 3.63) is 51.4 Å². The number of aryl methyl sites for hydroxylation is 2. The largest absolute Gasteiger partial charge is 0.481 e. The maximum absolute atomic E-state index is 13.0. The highest BCUT2D eigenvalue weighted by Gasteiger charge is 2.37. The third-order valence-corrected chi connectivity index (χ3v) is 6.71. The normalized spacial score (nSPS) is 19.0. The molecule has 5 nitrogen and oxygen atoms in total. The molecule has 2 N–H and O–H groups in total. The lowest BCUT2D eigenvalue weighted by Gasteiger charge is -2.29. The van der Waals surface area contributed by atoms with Crippen LogP contribution in [0.15, 0.2) is 35.4 Å². The van der Waals surface area contributed by atoms with Crippen LogP contribution in [-0.2, 0) is 9.59 Å². The van der Waals surface area contributed by atoms with E-state index in [1.54, 1.807) is 0 Å². The first-order valence-electron chi connectivity index (χ1n) is 9.52. The van der Waals surface area contributed by atoms with Crippen molar-refractivity contribution in [1.29, 1.82) is 5.26 Å². The molecule has 1 aromatic heterocycles. The zero-order valence-electron chi connectivity index (χ0n) is 17.0. The summed E-state index contributed by atoms with van der Waals surface area (Å²) >= 11 is 1.35. The highest BCUT2D eigenvalue weighted by Crippen LogP contribution is 2.41. The second kappa shape index (κ2) is 8.22. The van der Waals surface area contributed by atoms with Gasteiger partial charge in [-0.25, -0.2) is 0 Å². The second-order valence-electron chi connectivity index (χ2n) is 7.72. The van der Waals surface area contributed by atoms with Crippen LogP contribution in [0.4, 0.5) is 5.00 Å². The molecule has 1 aliphatic carbocycles. The molecule has 6 heteroatoms. The van der Waals surface area contributed by atoms with Gasteiger partial charge in [-0.05, 0) is 46.1 Å². The smallest absolute Gasteiger partial charge is 0.307 e. The maximum Gasteiger partial charge on any atom is 0.307 e. The van der Waals surface area contributed by atoms with E-state index >= 15 is 0 Å². The standard InChI is InChI=1S/C23H24N2O3S/c1-12-5-7-16(8-6-12)20-15(4)29-22(19(20)11-24)25-21(26)17-9-13(2)14(3)10-18(17)23(27)28/h5-8,17-18H,9-10H2,1-4H3,(H,25,26)(H,27,28). The fourth-order valence-electron chi connectivity index (χ4n) is 3.84. The molecule has 0 radical (unpaired) electrons. The Balaban J connectivity index is 1.93. The number of nitrogens with one attached hydrogen (secondary N) is 1. The van der Waals surface area contributed by atoms with Crippen molar-refractivity contribution in [3.8, 4) is 17.2 Å². The molecular formula is C23H24N2O3S. The van der Waals surface area contributed by atoms with Crippen LogP contribution in [0.1, 0.15) is 42.7 Å². The topological polar surface area (TPSA) is 90.2 Å². The van der Waals surface area contributed by atoms with Gasteiger partial charge in [0.05, 0.1) is 17.4 Å². The number of carbonyl (C=O) groups excluding carboxylic acids is 1. The van der Waals surface area contributed by atoms with E-state index in [0.717, 1.165) is 32.7 Å². The average Bonchev–Trinajstić information content (AvgIpc) is 2.98. The third kappa shape index (κ3) is 4.10. The summed E-state index contributed by atoms with van der Waals surface area (Å²) in [6.45, 7) is 7.79. The SMILES string of the molecule is CC1=C(C)CC(C(=O)Nc2sc(C)c(-c3ccc(C)cc3)c2C#N)C(C(=O)O)C1. The van der Waals surface area contributed by atoms with Crippen molar-refractivity contribution < 1.29 is 14.7 Å². The van der Waals surface area contributed by atoms with Crippen molar-refractivity contribution in [2.24, 2.45) is 11.8 Å². The summed E-state index contributed by atoms with van der Waals surface area (Å²) in [7, 11) is 0. The number of amides is 1. The summed E-state index contributed by atoms with van der Waals surface area (Å²) in [6.07, 6.45) is 0.800. The fourth-order valence-corrected chi connectivity index (χ4v) is 4.87. The Kier molecular flexibility index (Phi) is 5.90. The molecule has 1 heterocycles. The quantitative estimate of drug-likeness (QED) is 0.673. The molecule has 2 unspecified atom stereocenters. The molecule has 0 saturated carbocycles. The molecule has 0 bridgehead atoms. The van der Waals surface area contributed by atoms with Crippen molar-refractivity contribution in [2.45, 2.75) is 40.5 Å². The average molecular weight is 409 g/mol. The van der Waals surface area contributed by atoms with Crippen LogP contribution < -0.4 is 5.32 Å². The van der Waals surface area contributed by atoms with E-state index in [1.165, 1.54) is 11.3 Å². The number of allylic oxidation sites excluding steroid dienone is 2. The Labute approximate surface area is 174 Å². The van der Waals surface area contributed by atoms with Crippen molar-refractivity contribution in [3.63, 3.8) is 0 Å². The Hall–Kier alpha value is -2.91. The van der Waals surface area contributed by atoms with Gasteiger partial charge in [-0.2, -0.15) is 5.26 Å². The summed E-state index contributed by atoms with van der Waals surface area (Å²) in [6, 6.07) is 10.1. The molecule has 0 saturated heterocycles. The molecule has 1 aliphatic rings. The van der Waals surface area contributed by atoms with Crippen LogP contribution >= 0.6 is 11.3 Å². The zero-order valence-corrected chi connectivity index (χ0v) is 17.8. The maximum atomic E-state index is 13.0. The minimum absolute atomic E-state index is 0.336. The first kappa shape index (κ1) is 20.8. The van der Waals surface area contributed by atoms with Crippen molar-refractivity contribution >= 4 is 28.2 Å². The highest BCUT2D eigenvalue weighted by atomic mass is 32.1. The Morgan fingerprint density at radius 1 is 1.07 bits per heavy atom. The van der Waals surface area contributed by atoms with Gasteiger partial charge in [0, 0.05) is 10.4 Å². The monoisotopic (exact) mass is 408 g/mol. The molecule has 2 atom stereocenters. The summed E-state index contributed by atoms with van der Waals surface area (Å²) in [5.41, 5.74) is 5.40. The van der Waals surface area contributed by atoms with E-state index in [0.29, 0.717) is 23.4 Å². The lowest BCUT2D eigenvalue weighted by atomic mass is 9.76. The van der Waals surface area contributed by atoms with Gasteiger partial charge < -0.3 is 10.4 Å². The number of benzene rings is 1. The number of rotatable bonds is 4. The first-order valence-corrected chi connectivity index (χ1v) is 10.3. The molecule has 0 aliphatic heterocycles. The summed E-state index contributed by atoms with van der Waals surface area (Å²) in [5, 5.41) is 22.7. The zero-order chi connectivity index (χ0) is 21.3. The number of nitrogens with zero attached hydrogens (tertiary/aromatic N) is 1. The summed E-state index contributed by atoms with van der Waals surface area (Å²) < 4.78 is 0. The molecule has 1 amide bonds. The number of hydrogen-bond acceptors (Lipinski definition) is 4. The molecule has 29 heavy (non-hydrogen) atoms. The number of nitriles is 1. The van der Waals surface area contributed by atoms with Gasteiger partial charge in [0.25, 0.3) is 0 Å². The summed E-state index contributed by atoms with van der Waals surface area (Å²) in [4.78, 5) is 25.7. The van der Waals surface area contributed by atoms with Gasteiger partial charge in [-0.15, -0.1) is 11.3 Å². The Morgan fingerprint density at radius 3 is 2.21 bits per heavy atom. The number of aliphatic carboxylic acids is 1. The number of carboxylic acid groups (broad SMARTS) is 1. The number of thiophene rings is 1. The Bertz CT molecular complexity index is 1040. The number of hydrogen-bond donors (Lipinski definition) is 2. The summed E-state index contributed by atoms with van der Waals surface area (Å²) in [5.74, 6) is -2.69. The lowest BCUT2D eigenvalue weighted by molar-refractivity contribution is -0.146. The minimum atomic E-state index is -0.958. The molecule has 2 aromatic rings. The van der Waals surface area contributed by atoms with Crippen LogP contribution in [0.2, 0.25) is 0 Å². The second-order valence-corrected chi connectivity index (χ2v) is 8.95. The van der Waals surface area contributed by atoms with Crippen LogP contribution in [0.3, 0.4) is 0 Å². The molecular weight excluding hydrogens is 384 g/mol. The van der Waals surface area contributed by atoms with Crippen LogP contribution in [0.25, 0.3) is 11.1 Å². The molecule has 0 fully saturated rings. The van der Waals surface area contributed by atoms with E-state index in [-0.39, 0.29) is 5.91 Å². The molecule has 3 rings (SSSR count). The van der Waals surface area contributed by atoms with E-state index in [2.05, 4.69) is 11.4 Å². The van der Waals surface area contributed by atoms with Gasteiger partial charge in [0.1, 0.15) is 11.1 Å². The molecule has 0 spiro atoms. The van der Waals surface area contributed by atoms with Crippen LogP contribution in [-0.4, -0.2) is 17.0 Å². The fraction of sp³-hybridized carbons (Fsp3) is 0.348. The van der Waals surface area contributed by atoms with Gasteiger partial charge in [0.2, 0.25) is 5.91 Å². The predicted octanol–water partition coefficient (Wildman–Crippen LogP) is 5.29. The Morgan fingerprint density at radius 2 is 1.66 bits per heavy atom. The van der Waals surface area contributed by atoms with Gasteiger partial charge in [-0.3, -0.25) is 9.59 Å². The third-order valence-electron chi connectivity index (χ3n) is 5.69. The van der Waals surface area contributed by atoms with Crippen LogP contribution in [0.5, 0.6) is 0 Å². The van der Waals surface area contributed by atoms with Crippen molar-refractivity contribution in [2.75, 3.05) is 5.32 Å². The van der Waals surface area contributed by atoms with Crippen molar-refractivity contribution in [1.82, 2.24) is 0 Å². The van der Waals surface area contributed by atoms with Crippen LogP contribution in [0, 0.1) is 37.0 Å². The van der Waals surface area contributed by atoms with Gasteiger partial charge in [0.15, 0.2) is 0 Å². The lowest BCUT2D eigenvalue weighted by Crippen LogP contribution is -2.36. The molecule has 150 valence electrons. The van der Waals surface area contributed by atoms with E-state index in [4.69, 9.17) is 0 Å². The number of carboxylic acids is 1. The highest BCUT2D eigenvalue weighted by molar-refractivity contribution is 7.17. The van der Waals surface area contributed by atoms with E-state index < -0.39 is 17.8 Å². The van der Waals surface area contributed by atoms with Gasteiger partial charge >= 0.3 is 5.97 Å². The number of carbonyl (C=O) groups is 2. The molecule has 1 aromatic carbocycles. The van der Waals surface area contributed by atoms with E-state index in [9.17, 15) is 20.0 Å². The predicted molar refractivity (Wildman–Crippen MR) is 115 cm³/mol. The number of anilines is 1. The van der Waals surface area contributed by atoms with Gasteiger partial charge in [-0.1, -0.05) is 41.0 Å². The minimum Gasteiger partial charge on any atom is -0.481 e. The first-order chi connectivity index (χ1) is 13.7. The van der Waals surface area contributed by atoms with E-state index in [1.807, 2.05) is 52.0 Å².